The lowest BCUT2D eigenvalue weighted by molar-refractivity contribution is 0.525. The number of rotatable bonds is 7. The summed E-state index contributed by atoms with van der Waals surface area (Å²) >= 11 is 0. The van der Waals surface area contributed by atoms with Crippen molar-refractivity contribution < 1.29 is 0 Å². The first-order valence-corrected chi connectivity index (χ1v) is 10.7. The fraction of sp³-hybridized carbons (Fsp3) is 0.259. The van der Waals surface area contributed by atoms with Crippen LogP contribution in [0.2, 0.25) is 0 Å². The molecule has 30 heavy (non-hydrogen) atoms. The van der Waals surface area contributed by atoms with E-state index in [9.17, 15) is 0 Å². The smallest absolute Gasteiger partial charge is 0.0959 e. The summed E-state index contributed by atoms with van der Waals surface area (Å²) in [6.07, 6.45) is 1.04. The monoisotopic (exact) mass is 397 g/mol. The fourth-order valence-corrected chi connectivity index (χ4v) is 4.31. The lowest BCUT2D eigenvalue weighted by Crippen LogP contribution is -2.32. The van der Waals surface area contributed by atoms with Crippen LogP contribution in [0.15, 0.2) is 91.3 Å². The molecule has 0 amide bonds. The van der Waals surface area contributed by atoms with E-state index in [-0.39, 0.29) is 0 Å². The zero-order valence-corrected chi connectivity index (χ0v) is 17.9. The molecule has 2 atom stereocenters. The minimum absolute atomic E-state index is 0.327. The molecule has 0 bridgehead atoms. The van der Waals surface area contributed by atoms with Gasteiger partial charge in [-0.05, 0) is 43.5 Å². The van der Waals surface area contributed by atoms with Gasteiger partial charge in [0.05, 0.1) is 5.82 Å². The second-order valence-electron chi connectivity index (χ2n) is 8.36. The summed E-state index contributed by atoms with van der Waals surface area (Å²) in [5.74, 6) is 1.17. The zero-order valence-electron chi connectivity index (χ0n) is 17.9. The van der Waals surface area contributed by atoms with Gasteiger partial charge in [-0.2, -0.15) is 0 Å². The number of para-hydroxylation sites is 1. The van der Waals surface area contributed by atoms with Crippen molar-refractivity contribution in [3.8, 4) is 0 Å². The van der Waals surface area contributed by atoms with Crippen molar-refractivity contribution >= 4 is 5.69 Å². The maximum atomic E-state index is 4.17. The SMILES string of the molecule is C=C(Nc1ccccc1)NC1CNC(C(c2ccc(C)cc2)c2ccc(C)cc2)C1. The quantitative estimate of drug-likeness (QED) is 0.504. The molecule has 1 saturated heterocycles. The van der Waals surface area contributed by atoms with Crippen molar-refractivity contribution in [2.45, 2.75) is 38.3 Å². The first kappa shape index (κ1) is 20.2. The van der Waals surface area contributed by atoms with Crippen molar-refractivity contribution in [2.75, 3.05) is 11.9 Å². The molecule has 0 saturated carbocycles. The summed E-state index contributed by atoms with van der Waals surface area (Å²) in [5.41, 5.74) is 6.37. The maximum absolute atomic E-state index is 4.17. The summed E-state index contributed by atoms with van der Waals surface area (Å²) in [6, 6.07) is 28.8. The highest BCUT2D eigenvalue weighted by atomic mass is 15.1. The number of nitrogens with one attached hydrogen (secondary N) is 3. The number of benzene rings is 3. The number of aryl methyl sites for hydroxylation is 2. The van der Waals surface area contributed by atoms with Crippen LogP contribution in [0.25, 0.3) is 0 Å². The summed E-state index contributed by atoms with van der Waals surface area (Å²) in [4.78, 5) is 0. The molecule has 0 spiro atoms. The van der Waals surface area contributed by atoms with Crippen molar-refractivity contribution in [1.82, 2.24) is 10.6 Å². The molecule has 3 aromatic rings. The summed E-state index contributed by atoms with van der Waals surface area (Å²) in [7, 11) is 0. The Labute approximate surface area is 180 Å². The molecule has 0 aliphatic carbocycles. The topological polar surface area (TPSA) is 36.1 Å². The molecule has 154 valence electrons. The van der Waals surface area contributed by atoms with Crippen molar-refractivity contribution in [2.24, 2.45) is 0 Å². The predicted octanol–water partition coefficient (Wildman–Crippen LogP) is 5.34. The molecule has 3 nitrogen and oxygen atoms in total. The lowest BCUT2D eigenvalue weighted by atomic mass is 9.83. The standard InChI is InChI=1S/C27H31N3/c1-19-9-13-22(14-10-19)27(23-15-11-20(2)12-16-23)26-17-25(18-28-26)30-21(3)29-24-7-5-4-6-8-24/h4-16,25-30H,3,17-18H2,1-2H3. The van der Waals surface area contributed by atoms with Crippen LogP contribution in [0.4, 0.5) is 5.69 Å². The van der Waals surface area contributed by atoms with Gasteiger partial charge in [0.25, 0.3) is 0 Å². The van der Waals surface area contributed by atoms with E-state index in [2.05, 4.69) is 84.9 Å². The van der Waals surface area contributed by atoms with E-state index in [0.717, 1.165) is 24.5 Å². The van der Waals surface area contributed by atoms with Gasteiger partial charge in [0.2, 0.25) is 0 Å². The van der Waals surface area contributed by atoms with Gasteiger partial charge in [-0.3, -0.25) is 0 Å². The van der Waals surface area contributed by atoms with Crippen LogP contribution in [-0.2, 0) is 0 Å². The maximum Gasteiger partial charge on any atom is 0.0959 e. The van der Waals surface area contributed by atoms with Crippen molar-refractivity contribution in [3.63, 3.8) is 0 Å². The number of anilines is 1. The highest BCUT2D eigenvalue weighted by Crippen LogP contribution is 2.32. The highest BCUT2D eigenvalue weighted by Gasteiger charge is 2.32. The summed E-state index contributed by atoms with van der Waals surface area (Å²) < 4.78 is 0. The van der Waals surface area contributed by atoms with E-state index < -0.39 is 0 Å². The molecule has 1 aliphatic heterocycles. The van der Waals surface area contributed by atoms with Crippen LogP contribution in [0.3, 0.4) is 0 Å². The molecule has 1 heterocycles. The van der Waals surface area contributed by atoms with Gasteiger partial charge in [-0.25, -0.2) is 0 Å². The molecule has 1 aliphatic rings. The molecular formula is C27H31N3. The Kier molecular flexibility index (Phi) is 6.20. The highest BCUT2D eigenvalue weighted by molar-refractivity contribution is 5.47. The second kappa shape index (κ2) is 9.19. The van der Waals surface area contributed by atoms with Crippen LogP contribution >= 0.6 is 0 Å². The van der Waals surface area contributed by atoms with E-state index in [1.807, 2.05) is 30.3 Å². The van der Waals surface area contributed by atoms with Crippen LogP contribution in [0.5, 0.6) is 0 Å². The van der Waals surface area contributed by atoms with E-state index >= 15 is 0 Å². The molecular weight excluding hydrogens is 366 g/mol. The molecule has 0 radical (unpaired) electrons. The van der Waals surface area contributed by atoms with Crippen LogP contribution < -0.4 is 16.0 Å². The number of hydrogen-bond acceptors (Lipinski definition) is 3. The van der Waals surface area contributed by atoms with Crippen LogP contribution in [-0.4, -0.2) is 18.6 Å². The Morgan fingerprint density at radius 2 is 1.43 bits per heavy atom. The second-order valence-corrected chi connectivity index (χ2v) is 8.36. The van der Waals surface area contributed by atoms with Gasteiger partial charge in [-0.1, -0.05) is 84.4 Å². The minimum Gasteiger partial charge on any atom is -0.368 e. The average Bonchev–Trinajstić information content (AvgIpc) is 3.19. The molecule has 4 rings (SSSR count). The van der Waals surface area contributed by atoms with E-state index in [0.29, 0.717) is 18.0 Å². The van der Waals surface area contributed by atoms with E-state index in [4.69, 9.17) is 0 Å². The Hall–Kier alpha value is -3.04. The first-order valence-electron chi connectivity index (χ1n) is 10.7. The Bertz CT molecular complexity index is 916. The predicted molar refractivity (Wildman–Crippen MR) is 127 cm³/mol. The van der Waals surface area contributed by atoms with Gasteiger partial charge >= 0.3 is 0 Å². The molecule has 2 unspecified atom stereocenters. The van der Waals surface area contributed by atoms with Crippen molar-refractivity contribution in [3.05, 3.63) is 114 Å². The third-order valence-electron chi connectivity index (χ3n) is 5.89. The third kappa shape index (κ3) is 4.92. The van der Waals surface area contributed by atoms with Gasteiger partial charge in [0, 0.05) is 30.2 Å². The third-order valence-corrected chi connectivity index (χ3v) is 5.89. The largest absolute Gasteiger partial charge is 0.368 e. The van der Waals surface area contributed by atoms with Gasteiger partial charge < -0.3 is 16.0 Å². The normalized spacial score (nSPS) is 18.4. The average molecular weight is 398 g/mol. The minimum atomic E-state index is 0.327. The van der Waals surface area contributed by atoms with Gasteiger partial charge in [0.15, 0.2) is 0 Å². The molecule has 3 heteroatoms. The number of hydrogen-bond donors (Lipinski definition) is 3. The van der Waals surface area contributed by atoms with E-state index in [1.165, 1.54) is 22.3 Å². The molecule has 1 fully saturated rings. The van der Waals surface area contributed by atoms with E-state index in [1.54, 1.807) is 0 Å². The molecule has 0 aromatic heterocycles. The Balaban J connectivity index is 1.47. The summed E-state index contributed by atoms with van der Waals surface area (Å²) in [5, 5.41) is 10.7. The first-order chi connectivity index (χ1) is 14.6. The van der Waals surface area contributed by atoms with Gasteiger partial charge in [-0.15, -0.1) is 0 Å². The molecule has 3 aromatic carbocycles. The molecule has 3 N–H and O–H groups in total. The van der Waals surface area contributed by atoms with Crippen LogP contribution in [0, 0.1) is 13.8 Å². The Morgan fingerprint density at radius 3 is 2.00 bits per heavy atom. The Morgan fingerprint density at radius 1 is 0.867 bits per heavy atom. The van der Waals surface area contributed by atoms with Crippen LogP contribution in [0.1, 0.15) is 34.6 Å². The van der Waals surface area contributed by atoms with Crippen molar-refractivity contribution in [1.29, 1.82) is 0 Å². The van der Waals surface area contributed by atoms with Gasteiger partial charge in [0.1, 0.15) is 0 Å². The fourth-order valence-electron chi connectivity index (χ4n) is 4.31. The zero-order chi connectivity index (χ0) is 20.9. The summed E-state index contributed by atoms with van der Waals surface area (Å²) in [6.45, 7) is 9.38. The lowest BCUT2D eigenvalue weighted by Gasteiger charge is -2.26.